The number of halogens is 1. The van der Waals surface area contributed by atoms with Gasteiger partial charge in [0.1, 0.15) is 5.00 Å². The van der Waals surface area contributed by atoms with Crippen LogP contribution in [0.4, 0.5) is 5.00 Å². The van der Waals surface area contributed by atoms with E-state index in [0.717, 1.165) is 28.6 Å². The molecule has 0 spiro atoms. The first-order chi connectivity index (χ1) is 10.1. The van der Waals surface area contributed by atoms with Gasteiger partial charge >= 0.3 is 0 Å². The predicted octanol–water partition coefficient (Wildman–Crippen LogP) is 3.67. The fourth-order valence-electron chi connectivity index (χ4n) is 2.46. The lowest BCUT2D eigenvalue weighted by Gasteiger charge is -2.06. The van der Waals surface area contributed by atoms with Crippen LogP contribution in [0.15, 0.2) is 15.9 Å². The molecule has 2 aromatic rings. The minimum absolute atomic E-state index is 0.128. The topological polar surface area (TPSA) is 58.2 Å². The van der Waals surface area contributed by atoms with Gasteiger partial charge in [-0.25, -0.2) is 0 Å². The van der Waals surface area contributed by atoms with Crippen LogP contribution >= 0.6 is 38.6 Å². The van der Waals surface area contributed by atoms with E-state index in [2.05, 4.69) is 26.6 Å². The van der Waals surface area contributed by atoms with E-state index >= 15 is 0 Å². The molecule has 1 aliphatic rings. The maximum absolute atomic E-state index is 12.3. The second-order valence-corrected chi connectivity index (χ2v) is 8.27. The summed E-state index contributed by atoms with van der Waals surface area (Å²) in [5.74, 6) is -0.298. The Bertz CT molecular complexity index is 721. The molecule has 110 valence electrons. The zero-order valence-corrected chi connectivity index (χ0v) is 14.5. The zero-order chi connectivity index (χ0) is 15.0. The SMILES string of the molecule is CNC(=O)c1c(NC(=O)c2ccc(Br)s2)sc2c1CCC2. The fraction of sp³-hybridized carbons (Fsp3) is 0.286. The standard InChI is InChI=1S/C14H13BrN2O2S2/c1-16-13(19)11-7-3-2-4-8(7)21-14(11)17-12(18)9-5-6-10(15)20-9/h5-6H,2-4H2,1H3,(H,16,19)(H,17,18). The van der Waals surface area contributed by atoms with Gasteiger partial charge in [0.05, 0.1) is 14.2 Å². The minimum Gasteiger partial charge on any atom is -0.355 e. The maximum Gasteiger partial charge on any atom is 0.266 e. The van der Waals surface area contributed by atoms with Crippen molar-refractivity contribution in [3.05, 3.63) is 36.8 Å². The number of hydrogen-bond donors (Lipinski definition) is 2. The number of nitrogens with one attached hydrogen (secondary N) is 2. The smallest absolute Gasteiger partial charge is 0.266 e. The molecule has 0 aliphatic heterocycles. The van der Waals surface area contributed by atoms with Crippen molar-refractivity contribution in [2.45, 2.75) is 19.3 Å². The van der Waals surface area contributed by atoms with Crippen LogP contribution < -0.4 is 10.6 Å². The highest BCUT2D eigenvalue weighted by Gasteiger charge is 2.27. The molecule has 2 aromatic heterocycles. The van der Waals surface area contributed by atoms with E-state index in [-0.39, 0.29) is 11.8 Å². The first-order valence-corrected chi connectivity index (χ1v) is 8.96. The molecule has 2 amide bonds. The predicted molar refractivity (Wildman–Crippen MR) is 89.7 cm³/mol. The molecule has 0 bridgehead atoms. The molecule has 0 aromatic carbocycles. The number of amides is 2. The third-order valence-electron chi connectivity index (χ3n) is 3.40. The number of carbonyl (C=O) groups excluding carboxylic acids is 2. The molecule has 0 radical (unpaired) electrons. The summed E-state index contributed by atoms with van der Waals surface area (Å²) >= 11 is 6.24. The van der Waals surface area contributed by atoms with Gasteiger partial charge in [-0.05, 0) is 52.9 Å². The van der Waals surface area contributed by atoms with E-state index in [9.17, 15) is 9.59 Å². The molecule has 21 heavy (non-hydrogen) atoms. The Hall–Kier alpha value is -1.18. The van der Waals surface area contributed by atoms with E-state index in [0.29, 0.717) is 15.4 Å². The largest absolute Gasteiger partial charge is 0.355 e. The number of rotatable bonds is 3. The lowest BCUT2D eigenvalue weighted by Crippen LogP contribution is -2.21. The van der Waals surface area contributed by atoms with Crippen LogP contribution in [-0.4, -0.2) is 18.9 Å². The normalized spacial score (nSPS) is 13.0. The Labute approximate surface area is 138 Å². The number of thiophene rings is 2. The Balaban J connectivity index is 1.92. The zero-order valence-electron chi connectivity index (χ0n) is 11.3. The molecule has 2 heterocycles. The van der Waals surface area contributed by atoms with Crippen molar-refractivity contribution in [2.75, 3.05) is 12.4 Å². The van der Waals surface area contributed by atoms with Gasteiger partial charge < -0.3 is 10.6 Å². The van der Waals surface area contributed by atoms with E-state index in [1.807, 2.05) is 6.07 Å². The summed E-state index contributed by atoms with van der Waals surface area (Å²) in [6.45, 7) is 0. The van der Waals surface area contributed by atoms with Gasteiger partial charge in [-0.15, -0.1) is 22.7 Å². The van der Waals surface area contributed by atoms with Gasteiger partial charge in [-0.3, -0.25) is 9.59 Å². The molecular formula is C14H13BrN2O2S2. The summed E-state index contributed by atoms with van der Waals surface area (Å²) < 4.78 is 0.910. The van der Waals surface area contributed by atoms with E-state index in [4.69, 9.17) is 0 Å². The van der Waals surface area contributed by atoms with Gasteiger partial charge in [-0.2, -0.15) is 0 Å². The van der Waals surface area contributed by atoms with Gasteiger partial charge in [-0.1, -0.05) is 0 Å². The number of anilines is 1. The third kappa shape index (κ3) is 2.77. The second kappa shape index (κ2) is 5.90. The molecule has 0 unspecified atom stereocenters. The average molecular weight is 385 g/mol. The van der Waals surface area contributed by atoms with Crippen molar-refractivity contribution in [3.8, 4) is 0 Å². The van der Waals surface area contributed by atoms with Crippen LogP contribution in [0.1, 0.15) is 36.9 Å². The Morgan fingerprint density at radius 3 is 2.67 bits per heavy atom. The lowest BCUT2D eigenvalue weighted by molar-refractivity contribution is 0.0963. The second-order valence-electron chi connectivity index (χ2n) is 4.70. The van der Waals surface area contributed by atoms with Crippen molar-refractivity contribution in [1.29, 1.82) is 0 Å². The van der Waals surface area contributed by atoms with Crippen molar-refractivity contribution >= 4 is 55.4 Å². The summed E-state index contributed by atoms with van der Waals surface area (Å²) in [4.78, 5) is 26.2. The first kappa shape index (κ1) is 14.7. The summed E-state index contributed by atoms with van der Waals surface area (Å²) in [6.07, 6.45) is 2.98. The van der Waals surface area contributed by atoms with Crippen molar-refractivity contribution < 1.29 is 9.59 Å². The molecule has 4 nitrogen and oxygen atoms in total. The molecule has 0 saturated carbocycles. The quantitative estimate of drug-likeness (QED) is 0.847. The van der Waals surface area contributed by atoms with Crippen LogP contribution in [0.2, 0.25) is 0 Å². The monoisotopic (exact) mass is 384 g/mol. The van der Waals surface area contributed by atoms with Crippen LogP contribution in [0.25, 0.3) is 0 Å². The maximum atomic E-state index is 12.3. The number of fused-ring (bicyclic) bond motifs is 1. The fourth-order valence-corrected chi connectivity index (χ4v) is 5.02. The molecule has 0 atom stereocenters. The highest BCUT2D eigenvalue weighted by Crippen LogP contribution is 2.39. The number of carbonyl (C=O) groups is 2. The Morgan fingerprint density at radius 1 is 1.19 bits per heavy atom. The number of hydrogen-bond acceptors (Lipinski definition) is 4. The Kier molecular flexibility index (Phi) is 4.14. The summed E-state index contributed by atoms with van der Waals surface area (Å²) in [5, 5.41) is 6.22. The first-order valence-electron chi connectivity index (χ1n) is 6.53. The van der Waals surface area contributed by atoms with Crippen LogP contribution in [-0.2, 0) is 12.8 Å². The molecule has 0 fully saturated rings. The molecular weight excluding hydrogens is 372 g/mol. The van der Waals surface area contributed by atoms with Crippen molar-refractivity contribution in [1.82, 2.24) is 5.32 Å². The van der Waals surface area contributed by atoms with E-state index < -0.39 is 0 Å². The highest BCUT2D eigenvalue weighted by atomic mass is 79.9. The van der Waals surface area contributed by atoms with E-state index in [1.54, 1.807) is 13.1 Å². The van der Waals surface area contributed by atoms with Gasteiger partial charge in [0.25, 0.3) is 11.8 Å². The van der Waals surface area contributed by atoms with E-state index in [1.165, 1.54) is 27.6 Å². The third-order valence-corrected chi connectivity index (χ3v) is 6.23. The van der Waals surface area contributed by atoms with Crippen molar-refractivity contribution in [2.24, 2.45) is 0 Å². The lowest BCUT2D eigenvalue weighted by atomic mass is 10.1. The van der Waals surface area contributed by atoms with Crippen LogP contribution in [0.5, 0.6) is 0 Å². The van der Waals surface area contributed by atoms with Gasteiger partial charge in [0.2, 0.25) is 0 Å². The summed E-state index contributed by atoms with van der Waals surface area (Å²) in [7, 11) is 1.61. The molecule has 7 heteroatoms. The van der Waals surface area contributed by atoms with Gasteiger partial charge in [0, 0.05) is 11.9 Å². The summed E-state index contributed by atoms with van der Waals surface area (Å²) in [6, 6.07) is 3.61. The molecule has 2 N–H and O–H groups in total. The minimum atomic E-state index is -0.171. The molecule has 3 rings (SSSR count). The van der Waals surface area contributed by atoms with Crippen LogP contribution in [0.3, 0.4) is 0 Å². The molecule has 0 saturated heterocycles. The average Bonchev–Trinajstić information content (AvgIpc) is 3.13. The van der Waals surface area contributed by atoms with Crippen LogP contribution in [0, 0.1) is 0 Å². The van der Waals surface area contributed by atoms with Crippen molar-refractivity contribution in [3.63, 3.8) is 0 Å². The highest BCUT2D eigenvalue weighted by molar-refractivity contribution is 9.11. The van der Waals surface area contributed by atoms with Gasteiger partial charge in [0.15, 0.2) is 0 Å². The summed E-state index contributed by atoms with van der Waals surface area (Å²) in [5.41, 5.74) is 1.74. The molecule has 1 aliphatic carbocycles. The Morgan fingerprint density at radius 2 is 2.00 bits per heavy atom. The number of aryl methyl sites for hydroxylation is 1.